The Morgan fingerprint density at radius 1 is 1.00 bits per heavy atom. The van der Waals surface area contributed by atoms with Crippen LogP contribution in [-0.2, 0) is 0 Å². The van der Waals surface area contributed by atoms with E-state index >= 15 is 0 Å². The van der Waals surface area contributed by atoms with E-state index in [-0.39, 0.29) is 0 Å². The van der Waals surface area contributed by atoms with Crippen LogP contribution in [0.25, 0.3) is 0 Å². The third-order valence-corrected chi connectivity index (χ3v) is 5.12. The van der Waals surface area contributed by atoms with Crippen molar-refractivity contribution in [3.05, 3.63) is 0 Å². The molecule has 1 saturated carbocycles. The van der Waals surface area contributed by atoms with E-state index in [4.69, 9.17) is 0 Å². The maximum Gasteiger partial charge on any atom is 0.0201 e. The topological polar surface area (TPSA) is 21.8 Å². The van der Waals surface area contributed by atoms with Crippen LogP contribution in [0, 0.1) is 5.92 Å². The Bertz CT molecular complexity index is 291. The lowest BCUT2D eigenvalue weighted by molar-refractivity contribution is 0.137. The fraction of sp³-hybridized carbons (Fsp3) is 1.00. The summed E-state index contributed by atoms with van der Waals surface area (Å²) in [7, 11) is 4.50. The lowest BCUT2D eigenvalue weighted by Gasteiger charge is -2.36. The molecule has 2 saturated heterocycles. The predicted octanol–water partition coefficient (Wildman–Crippen LogP) is 0.305. The highest BCUT2D eigenvalue weighted by Gasteiger charge is 2.43. The molecule has 1 aliphatic carbocycles. The zero-order chi connectivity index (χ0) is 13.4. The van der Waals surface area contributed by atoms with Crippen LogP contribution in [0.2, 0.25) is 0 Å². The Hall–Kier alpha value is -0.160. The first-order chi connectivity index (χ1) is 9.11. The Kier molecular flexibility index (Phi) is 4.13. The van der Waals surface area contributed by atoms with Gasteiger partial charge in [-0.25, -0.2) is 0 Å². The van der Waals surface area contributed by atoms with Crippen molar-refractivity contribution in [2.75, 3.05) is 53.4 Å². The van der Waals surface area contributed by atoms with E-state index in [1.54, 1.807) is 0 Å². The quantitative estimate of drug-likeness (QED) is 0.793. The molecule has 4 nitrogen and oxygen atoms in total. The molecule has 2 aliphatic heterocycles. The van der Waals surface area contributed by atoms with Crippen LogP contribution < -0.4 is 5.32 Å². The lowest BCUT2D eigenvalue weighted by atomic mass is 10.0. The molecule has 0 spiro atoms. The van der Waals surface area contributed by atoms with Gasteiger partial charge in [0.25, 0.3) is 0 Å². The van der Waals surface area contributed by atoms with Gasteiger partial charge >= 0.3 is 0 Å². The minimum absolute atomic E-state index is 0.657. The smallest absolute Gasteiger partial charge is 0.0201 e. The number of nitrogens with zero attached hydrogens (tertiary/aromatic N) is 3. The molecule has 0 aromatic carbocycles. The van der Waals surface area contributed by atoms with Crippen molar-refractivity contribution in [3.8, 4) is 0 Å². The molecule has 4 atom stereocenters. The SMILES string of the molecule is C[C@H]1CN(C)C[C@@H](CC2CC2N2CCN(C)CC2)N1. The fourth-order valence-corrected chi connectivity index (χ4v) is 4.02. The molecule has 3 rings (SSSR count). The average molecular weight is 266 g/mol. The van der Waals surface area contributed by atoms with E-state index in [9.17, 15) is 0 Å². The van der Waals surface area contributed by atoms with Crippen LogP contribution in [0.1, 0.15) is 19.8 Å². The number of hydrogen-bond donors (Lipinski definition) is 1. The van der Waals surface area contributed by atoms with Crippen molar-refractivity contribution in [1.29, 1.82) is 0 Å². The zero-order valence-electron chi connectivity index (χ0n) is 12.8. The maximum atomic E-state index is 3.78. The van der Waals surface area contributed by atoms with Gasteiger partial charge in [-0.3, -0.25) is 4.90 Å². The molecule has 0 aromatic rings. The highest BCUT2D eigenvalue weighted by molar-refractivity contribution is 4.99. The molecule has 3 aliphatic rings. The highest BCUT2D eigenvalue weighted by atomic mass is 15.3. The van der Waals surface area contributed by atoms with Crippen molar-refractivity contribution < 1.29 is 0 Å². The summed E-state index contributed by atoms with van der Waals surface area (Å²) in [5, 5.41) is 3.78. The van der Waals surface area contributed by atoms with Gasteiger partial charge in [-0.05, 0) is 39.8 Å². The van der Waals surface area contributed by atoms with Gasteiger partial charge in [-0.2, -0.15) is 0 Å². The first kappa shape index (κ1) is 13.8. The van der Waals surface area contributed by atoms with Gasteiger partial charge in [0.1, 0.15) is 0 Å². The third-order valence-electron chi connectivity index (χ3n) is 5.12. The van der Waals surface area contributed by atoms with E-state index < -0.39 is 0 Å². The number of likely N-dealkylation sites (N-methyl/N-ethyl adjacent to an activating group) is 2. The molecular weight excluding hydrogens is 236 g/mol. The van der Waals surface area contributed by atoms with E-state index in [0.717, 1.165) is 18.0 Å². The van der Waals surface area contributed by atoms with E-state index in [2.05, 4.69) is 41.0 Å². The largest absolute Gasteiger partial charge is 0.309 e. The second kappa shape index (κ2) is 5.68. The summed E-state index contributed by atoms with van der Waals surface area (Å²) >= 11 is 0. The number of hydrogen-bond acceptors (Lipinski definition) is 4. The lowest BCUT2D eigenvalue weighted by Crippen LogP contribution is -2.54. The summed E-state index contributed by atoms with van der Waals surface area (Å²) in [5.41, 5.74) is 0. The van der Waals surface area contributed by atoms with Crippen molar-refractivity contribution in [2.24, 2.45) is 5.92 Å². The fourth-order valence-electron chi connectivity index (χ4n) is 4.02. The molecule has 2 heterocycles. The van der Waals surface area contributed by atoms with E-state index in [1.165, 1.54) is 52.1 Å². The van der Waals surface area contributed by atoms with Gasteiger partial charge < -0.3 is 15.1 Å². The molecule has 110 valence electrons. The molecule has 0 amide bonds. The van der Waals surface area contributed by atoms with Gasteiger partial charge in [0.15, 0.2) is 0 Å². The molecule has 0 radical (unpaired) electrons. The Morgan fingerprint density at radius 3 is 2.42 bits per heavy atom. The van der Waals surface area contributed by atoms with Gasteiger partial charge in [-0.15, -0.1) is 0 Å². The molecule has 3 fully saturated rings. The van der Waals surface area contributed by atoms with E-state index in [0.29, 0.717) is 6.04 Å². The second-order valence-electron chi connectivity index (χ2n) is 7.12. The molecule has 1 N–H and O–H groups in total. The Morgan fingerprint density at radius 2 is 1.74 bits per heavy atom. The van der Waals surface area contributed by atoms with Crippen molar-refractivity contribution >= 4 is 0 Å². The summed E-state index contributed by atoms with van der Waals surface area (Å²) in [6.45, 7) is 9.82. The second-order valence-corrected chi connectivity index (χ2v) is 7.12. The Labute approximate surface area is 118 Å². The van der Waals surface area contributed by atoms with Gasteiger partial charge in [-0.1, -0.05) is 0 Å². The zero-order valence-corrected chi connectivity index (χ0v) is 12.8. The predicted molar refractivity (Wildman–Crippen MR) is 79.5 cm³/mol. The first-order valence-electron chi connectivity index (χ1n) is 7.99. The Balaban J connectivity index is 1.43. The summed E-state index contributed by atoms with van der Waals surface area (Å²) in [5.74, 6) is 0.958. The summed E-state index contributed by atoms with van der Waals surface area (Å²) in [6, 6.07) is 2.28. The minimum atomic E-state index is 0.657. The normalized spacial score (nSPS) is 42.5. The van der Waals surface area contributed by atoms with Crippen LogP contribution in [0.15, 0.2) is 0 Å². The molecule has 19 heavy (non-hydrogen) atoms. The van der Waals surface area contributed by atoms with E-state index in [1.807, 2.05) is 0 Å². The minimum Gasteiger partial charge on any atom is -0.309 e. The van der Waals surface area contributed by atoms with Crippen LogP contribution in [0.5, 0.6) is 0 Å². The summed E-state index contributed by atoms with van der Waals surface area (Å²) in [6.07, 6.45) is 2.83. The third kappa shape index (κ3) is 3.48. The number of nitrogens with one attached hydrogen (secondary N) is 1. The summed E-state index contributed by atoms with van der Waals surface area (Å²) in [4.78, 5) is 7.67. The van der Waals surface area contributed by atoms with Crippen LogP contribution in [-0.4, -0.2) is 86.2 Å². The van der Waals surface area contributed by atoms with Crippen LogP contribution >= 0.6 is 0 Å². The monoisotopic (exact) mass is 266 g/mol. The summed E-state index contributed by atoms with van der Waals surface area (Å²) < 4.78 is 0. The number of piperazine rings is 2. The van der Waals surface area contributed by atoms with Crippen LogP contribution in [0.3, 0.4) is 0 Å². The molecule has 0 bridgehead atoms. The van der Waals surface area contributed by atoms with Crippen molar-refractivity contribution in [1.82, 2.24) is 20.0 Å². The average Bonchev–Trinajstić information content (AvgIpc) is 3.08. The van der Waals surface area contributed by atoms with Gasteiger partial charge in [0.2, 0.25) is 0 Å². The van der Waals surface area contributed by atoms with Crippen molar-refractivity contribution in [3.63, 3.8) is 0 Å². The van der Waals surface area contributed by atoms with Crippen molar-refractivity contribution in [2.45, 2.75) is 37.9 Å². The highest BCUT2D eigenvalue weighted by Crippen LogP contribution is 2.40. The van der Waals surface area contributed by atoms with Gasteiger partial charge in [0.05, 0.1) is 0 Å². The molecule has 2 unspecified atom stereocenters. The first-order valence-corrected chi connectivity index (χ1v) is 7.99. The molecule has 4 heteroatoms. The number of rotatable bonds is 3. The maximum absolute atomic E-state index is 3.78. The van der Waals surface area contributed by atoms with Gasteiger partial charge in [0, 0.05) is 57.4 Å². The molecule has 0 aromatic heterocycles. The van der Waals surface area contributed by atoms with Crippen LogP contribution in [0.4, 0.5) is 0 Å². The molecular formula is C15H30N4. The standard InChI is InChI=1S/C15H30N4/c1-12-10-18(3)11-14(16-12)8-13-9-15(13)19-6-4-17(2)5-7-19/h12-16H,4-11H2,1-3H3/t12-,13?,14+,15?/m0/s1.